The third-order valence-corrected chi connectivity index (χ3v) is 2.39. The van der Waals surface area contributed by atoms with Crippen molar-refractivity contribution in [2.24, 2.45) is 0 Å². The van der Waals surface area contributed by atoms with Crippen molar-refractivity contribution in [3.63, 3.8) is 0 Å². The van der Waals surface area contributed by atoms with Crippen LogP contribution in [0.25, 0.3) is 0 Å². The topological polar surface area (TPSA) is 61.4 Å². The average Bonchev–Trinajstić information content (AvgIpc) is 2.66. The number of rotatable bonds is 5. The summed E-state index contributed by atoms with van der Waals surface area (Å²) in [5.74, 6) is -0.297. The van der Waals surface area contributed by atoms with Crippen molar-refractivity contribution >= 4 is 5.91 Å². The fourth-order valence-corrected chi connectivity index (χ4v) is 1.53. The Bertz CT molecular complexity index is 208. The minimum atomic E-state index is -2.81. The number of amides is 1. The molecule has 6 heteroatoms. The van der Waals surface area contributed by atoms with Gasteiger partial charge in [-0.2, -0.15) is 0 Å². The molecule has 0 bridgehead atoms. The van der Waals surface area contributed by atoms with Gasteiger partial charge in [0.1, 0.15) is 6.10 Å². The highest BCUT2D eigenvalue weighted by molar-refractivity contribution is 5.76. The molecule has 0 aliphatic carbocycles. The van der Waals surface area contributed by atoms with Gasteiger partial charge >= 0.3 is 0 Å². The third kappa shape index (κ3) is 4.53. The van der Waals surface area contributed by atoms with Crippen molar-refractivity contribution in [2.75, 3.05) is 13.1 Å². The molecule has 1 amide bonds. The number of alkyl halides is 2. The van der Waals surface area contributed by atoms with Gasteiger partial charge in [-0.25, -0.2) is 8.78 Å². The van der Waals surface area contributed by atoms with Gasteiger partial charge in [0.25, 0.3) is 6.43 Å². The van der Waals surface area contributed by atoms with E-state index in [9.17, 15) is 13.6 Å². The molecule has 15 heavy (non-hydrogen) atoms. The van der Waals surface area contributed by atoms with E-state index < -0.39 is 12.5 Å². The van der Waals surface area contributed by atoms with E-state index in [4.69, 9.17) is 5.11 Å². The van der Waals surface area contributed by atoms with E-state index in [1.54, 1.807) is 0 Å². The molecule has 1 aliphatic heterocycles. The van der Waals surface area contributed by atoms with Crippen LogP contribution in [0.5, 0.6) is 0 Å². The number of halogens is 2. The Morgan fingerprint density at radius 1 is 1.60 bits per heavy atom. The van der Waals surface area contributed by atoms with E-state index in [0.717, 1.165) is 19.4 Å². The summed E-state index contributed by atoms with van der Waals surface area (Å²) in [5, 5.41) is 14.2. The number of carbonyl (C=O) groups excluding carboxylic acids is 1. The molecule has 0 aromatic rings. The van der Waals surface area contributed by atoms with Gasteiger partial charge in [-0.15, -0.1) is 0 Å². The molecule has 1 fully saturated rings. The molecule has 2 atom stereocenters. The summed E-state index contributed by atoms with van der Waals surface area (Å²) < 4.78 is 23.7. The Morgan fingerprint density at radius 2 is 2.33 bits per heavy atom. The molecule has 4 nitrogen and oxygen atoms in total. The van der Waals surface area contributed by atoms with Crippen LogP contribution in [0, 0.1) is 0 Å². The molecule has 1 heterocycles. The molecule has 0 radical (unpaired) electrons. The lowest BCUT2D eigenvalue weighted by Crippen LogP contribution is -2.38. The van der Waals surface area contributed by atoms with Crippen molar-refractivity contribution in [3.8, 4) is 0 Å². The standard InChI is InChI=1S/C9H16F2N2O2/c10-9(11)7(14)5-13-8(15)4-6-2-1-3-12-6/h6-7,9,12,14H,1-5H2,(H,13,15). The van der Waals surface area contributed by atoms with Crippen molar-refractivity contribution in [1.29, 1.82) is 0 Å². The molecule has 2 unspecified atom stereocenters. The molecule has 0 aromatic heterocycles. The van der Waals surface area contributed by atoms with Gasteiger partial charge in [0.2, 0.25) is 5.91 Å². The summed E-state index contributed by atoms with van der Waals surface area (Å²) in [7, 11) is 0. The molecule has 1 rings (SSSR count). The normalized spacial score (nSPS) is 23.1. The largest absolute Gasteiger partial charge is 0.385 e. The summed E-state index contributed by atoms with van der Waals surface area (Å²) in [6.45, 7) is 0.515. The van der Waals surface area contributed by atoms with Crippen molar-refractivity contribution < 1.29 is 18.7 Å². The van der Waals surface area contributed by atoms with E-state index in [0.29, 0.717) is 0 Å². The van der Waals surface area contributed by atoms with Gasteiger partial charge in [0, 0.05) is 19.0 Å². The van der Waals surface area contributed by atoms with E-state index in [1.807, 2.05) is 0 Å². The molecule has 88 valence electrons. The van der Waals surface area contributed by atoms with Crippen LogP contribution in [0.2, 0.25) is 0 Å². The average molecular weight is 222 g/mol. The summed E-state index contributed by atoms with van der Waals surface area (Å²) in [6.07, 6.45) is -2.32. The summed E-state index contributed by atoms with van der Waals surface area (Å²) >= 11 is 0. The predicted molar refractivity (Wildman–Crippen MR) is 50.7 cm³/mol. The highest BCUT2D eigenvalue weighted by Gasteiger charge is 2.20. The second-order valence-corrected chi connectivity index (χ2v) is 3.70. The summed E-state index contributed by atoms with van der Waals surface area (Å²) in [5.41, 5.74) is 0. The molecule has 0 aromatic carbocycles. The van der Waals surface area contributed by atoms with Crippen LogP contribution in [0.1, 0.15) is 19.3 Å². The van der Waals surface area contributed by atoms with Gasteiger partial charge in [0.05, 0.1) is 0 Å². The van der Waals surface area contributed by atoms with E-state index >= 15 is 0 Å². The van der Waals surface area contributed by atoms with Crippen LogP contribution in [0.15, 0.2) is 0 Å². The van der Waals surface area contributed by atoms with Gasteiger partial charge in [0.15, 0.2) is 0 Å². The van der Waals surface area contributed by atoms with Crippen LogP contribution >= 0.6 is 0 Å². The third-order valence-electron chi connectivity index (χ3n) is 2.39. The predicted octanol–water partition coefficient (Wildman–Crippen LogP) is -0.129. The molecular weight excluding hydrogens is 206 g/mol. The summed E-state index contributed by atoms with van der Waals surface area (Å²) in [4.78, 5) is 11.2. The SMILES string of the molecule is O=C(CC1CCCN1)NCC(O)C(F)F. The van der Waals surface area contributed by atoms with Gasteiger partial charge < -0.3 is 15.7 Å². The maximum Gasteiger partial charge on any atom is 0.265 e. The van der Waals surface area contributed by atoms with Crippen molar-refractivity contribution in [3.05, 3.63) is 0 Å². The highest BCUT2D eigenvalue weighted by atomic mass is 19.3. The Kier molecular flexibility index (Phi) is 4.90. The number of carbonyl (C=O) groups is 1. The lowest BCUT2D eigenvalue weighted by molar-refractivity contribution is -0.122. The molecular formula is C9H16F2N2O2. The number of nitrogens with one attached hydrogen (secondary N) is 2. The minimum Gasteiger partial charge on any atom is -0.385 e. The quantitative estimate of drug-likeness (QED) is 0.607. The number of hydrogen-bond donors (Lipinski definition) is 3. The molecule has 0 spiro atoms. The molecule has 1 saturated heterocycles. The lowest BCUT2D eigenvalue weighted by atomic mass is 10.1. The van der Waals surface area contributed by atoms with Crippen LogP contribution in [-0.2, 0) is 4.79 Å². The van der Waals surface area contributed by atoms with Crippen LogP contribution in [-0.4, -0.2) is 42.7 Å². The van der Waals surface area contributed by atoms with Gasteiger partial charge in [-0.3, -0.25) is 4.79 Å². The molecule has 1 aliphatic rings. The molecule has 0 saturated carbocycles. The fraction of sp³-hybridized carbons (Fsp3) is 0.889. The Hall–Kier alpha value is -0.750. The Labute approximate surface area is 87.0 Å². The Balaban J connectivity index is 2.12. The first-order valence-corrected chi connectivity index (χ1v) is 5.06. The van der Waals surface area contributed by atoms with Crippen LogP contribution in [0.3, 0.4) is 0 Å². The molecule has 3 N–H and O–H groups in total. The maximum atomic E-state index is 11.9. The second kappa shape index (κ2) is 5.97. The minimum absolute atomic E-state index is 0.147. The van der Waals surface area contributed by atoms with Gasteiger partial charge in [-0.05, 0) is 19.4 Å². The maximum absolute atomic E-state index is 11.9. The van der Waals surface area contributed by atoms with Crippen molar-refractivity contribution in [2.45, 2.75) is 37.8 Å². The van der Waals surface area contributed by atoms with E-state index in [2.05, 4.69) is 10.6 Å². The zero-order valence-corrected chi connectivity index (χ0v) is 8.38. The van der Waals surface area contributed by atoms with E-state index in [-0.39, 0.29) is 24.9 Å². The lowest BCUT2D eigenvalue weighted by Gasteiger charge is -2.13. The fourth-order valence-electron chi connectivity index (χ4n) is 1.53. The zero-order valence-electron chi connectivity index (χ0n) is 8.38. The second-order valence-electron chi connectivity index (χ2n) is 3.70. The number of hydrogen-bond acceptors (Lipinski definition) is 3. The van der Waals surface area contributed by atoms with Crippen molar-refractivity contribution in [1.82, 2.24) is 10.6 Å². The monoisotopic (exact) mass is 222 g/mol. The van der Waals surface area contributed by atoms with Crippen LogP contribution < -0.4 is 10.6 Å². The Morgan fingerprint density at radius 3 is 2.87 bits per heavy atom. The number of aliphatic hydroxyl groups is 1. The smallest absolute Gasteiger partial charge is 0.265 e. The van der Waals surface area contributed by atoms with E-state index in [1.165, 1.54) is 0 Å². The van der Waals surface area contributed by atoms with Crippen LogP contribution in [0.4, 0.5) is 8.78 Å². The first kappa shape index (κ1) is 12.3. The highest BCUT2D eigenvalue weighted by Crippen LogP contribution is 2.08. The first-order valence-electron chi connectivity index (χ1n) is 5.06. The first-order chi connectivity index (χ1) is 7.09. The van der Waals surface area contributed by atoms with Gasteiger partial charge in [-0.1, -0.05) is 0 Å². The zero-order chi connectivity index (χ0) is 11.3. The summed E-state index contributed by atoms with van der Waals surface area (Å²) in [6, 6.07) is 0.147. The number of aliphatic hydroxyl groups excluding tert-OH is 1.